The molecule has 40 heavy (non-hydrogen) atoms. The molecule has 13 heteroatoms. The van der Waals surface area contributed by atoms with E-state index in [9.17, 15) is 35.5 Å². The molecule has 3 rings (SSSR count). The largest absolute Gasteiger partial charge is 0.416 e. The van der Waals surface area contributed by atoms with E-state index in [-0.39, 0.29) is 36.6 Å². The number of ether oxygens (including phenoxy) is 1. The maximum Gasteiger partial charge on any atom is 0.416 e. The van der Waals surface area contributed by atoms with E-state index < -0.39 is 47.4 Å². The van der Waals surface area contributed by atoms with Crippen molar-refractivity contribution in [3.63, 3.8) is 0 Å². The van der Waals surface area contributed by atoms with Crippen LogP contribution in [-0.2, 0) is 17.1 Å². The number of piperidine rings is 1. The molecule has 0 radical (unpaired) electrons. The van der Waals surface area contributed by atoms with Crippen molar-refractivity contribution in [2.45, 2.75) is 57.2 Å². The van der Waals surface area contributed by atoms with Crippen molar-refractivity contribution >= 4 is 18.4 Å². The molecule has 0 bridgehead atoms. The Balaban J connectivity index is 0.00000560. The highest BCUT2D eigenvalue weighted by atomic mass is 35.5. The van der Waals surface area contributed by atoms with Crippen molar-refractivity contribution in [3.8, 4) is 0 Å². The van der Waals surface area contributed by atoms with Crippen LogP contribution in [0, 0.1) is 12.7 Å². The summed E-state index contributed by atoms with van der Waals surface area (Å²) < 4.78 is 99.3. The zero-order valence-corrected chi connectivity index (χ0v) is 23.3. The van der Waals surface area contributed by atoms with Crippen LogP contribution in [-0.4, -0.2) is 55.7 Å². The fourth-order valence-corrected chi connectivity index (χ4v) is 4.86. The van der Waals surface area contributed by atoms with Crippen molar-refractivity contribution in [1.29, 1.82) is 0 Å². The lowest BCUT2D eigenvalue weighted by molar-refractivity contribution is -0.143. The molecular weight excluding hydrogens is 567 g/mol. The molecular formula is C27H33ClF7N3O2. The fourth-order valence-electron chi connectivity index (χ4n) is 4.86. The van der Waals surface area contributed by atoms with E-state index in [1.807, 2.05) is 0 Å². The molecule has 0 spiro atoms. The van der Waals surface area contributed by atoms with Gasteiger partial charge in [0, 0.05) is 33.3 Å². The molecule has 5 nitrogen and oxygen atoms in total. The van der Waals surface area contributed by atoms with Gasteiger partial charge < -0.3 is 19.9 Å². The molecule has 2 aromatic carbocycles. The summed E-state index contributed by atoms with van der Waals surface area (Å²) in [6.45, 7) is 4.44. The molecule has 2 amide bonds. The third kappa shape index (κ3) is 8.01. The smallest absolute Gasteiger partial charge is 0.383 e. The summed E-state index contributed by atoms with van der Waals surface area (Å²) >= 11 is 0. The third-order valence-electron chi connectivity index (χ3n) is 7.15. The van der Waals surface area contributed by atoms with E-state index in [1.165, 1.54) is 26.1 Å². The predicted octanol–water partition coefficient (Wildman–Crippen LogP) is 7.15. The maximum absolute atomic E-state index is 13.8. The summed E-state index contributed by atoms with van der Waals surface area (Å²) in [5.74, 6) is -0.435. The number of rotatable bonds is 7. The Labute approximate surface area is 235 Å². The minimum absolute atomic E-state index is 0. The van der Waals surface area contributed by atoms with Crippen LogP contribution in [0.2, 0.25) is 0 Å². The van der Waals surface area contributed by atoms with Crippen LogP contribution in [0.4, 0.5) is 35.5 Å². The van der Waals surface area contributed by atoms with E-state index in [4.69, 9.17) is 4.74 Å². The molecule has 0 saturated carbocycles. The van der Waals surface area contributed by atoms with Crippen LogP contribution in [0.1, 0.15) is 59.7 Å². The number of hydrogen-bond donors (Lipinski definition) is 1. The van der Waals surface area contributed by atoms with Gasteiger partial charge in [0.25, 0.3) is 0 Å². The highest BCUT2D eigenvalue weighted by Gasteiger charge is 2.39. The van der Waals surface area contributed by atoms with Gasteiger partial charge in [-0.2, -0.15) is 26.3 Å². The lowest BCUT2D eigenvalue weighted by atomic mass is 9.89. The minimum Gasteiger partial charge on any atom is -0.383 e. The van der Waals surface area contributed by atoms with Gasteiger partial charge in [0.1, 0.15) is 5.82 Å². The highest BCUT2D eigenvalue weighted by Crippen LogP contribution is 2.39. The zero-order valence-electron chi connectivity index (χ0n) is 22.5. The Morgan fingerprint density at radius 2 is 1.70 bits per heavy atom. The first kappa shape index (κ1) is 33.6. The topological polar surface area (TPSA) is 44.8 Å². The van der Waals surface area contributed by atoms with Gasteiger partial charge >= 0.3 is 18.4 Å². The van der Waals surface area contributed by atoms with Gasteiger partial charge in [0.05, 0.1) is 29.8 Å². The lowest BCUT2D eigenvalue weighted by Gasteiger charge is -2.43. The lowest BCUT2D eigenvalue weighted by Crippen LogP contribution is -2.51. The molecule has 2 aromatic rings. The number of amides is 2. The van der Waals surface area contributed by atoms with E-state index in [0.717, 1.165) is 4.90 Å². The van der Waals surface area contributed by atoms with Gasteiger partial charge in [-0.05, 0) is 73.7 Å². The number of methoxy groups -OCH3 is 1. The van der Waals surface area contributed by atoms with Crippen molar-refractivity contribution in [1.82, 2.24) is 15.1 Å². The van der Waals surface area contributed by atoms with Gasteiger partial charge in [-0.25, -0.2) is 9.18 Å². The number of likely N-dealkylation sites (tertiary alicyclic amines) is 1. The molecule has 224 valence electrons. The second-order valence-electron chi connectivity index (χ2n) is 9.79. The van der Waals surface area contributed by atoms with Crippen LogP contribution in [0.15, 0.2) is 36.4 Å². The van der Waals surface area contributed by atoms with Gasteiger partial charge in [-0.3, -0.25) is 0 Å². The van der Waals surface area contributed by atoms with Crippen LogP contribution < -0.4 is 5.32 Å². The summed E-state index contributed by atoms with van der Waals surface area (Å²) in [4.78, 5) is 16.4. The molecule has 1 fully saturated rings. The molecule has 0 unspecified atom stereocenters. The van der Waals surface area contributed by atoms with Gasteiger partial charge in [-0.15, -0.1) is 12.4 Å². The Hall–Kier alpha value is -2.57. The molecule has 1 aliphatic heterocycles. The van der Waals surface area contributed by atoms with Crippen molar-refractivity contribution in [2.24, 2.45) is 0 Å². The number of carbonyl (C=O) groups excluding carboxylic acids is 1. The molecule has 1 N–H and O–H groups in total. The van der Waals surface area contributed by atoms with Crippen LogP contribution in [0.5, 0.6) is 0 Å². The maximum atomic E-state index is 13.8. The number of urea groups is 1. The first-order valence-corrected chi connectivity index (χ1v) is 12.4. The molecule has 1 aliphatic rings. The summed E-state index contributed by atoms with van der Waals surface area (Å²) in [6, 6.07) is 3.44. The zero-order chi connectivity index (χ0) is 29.1. The fraction of sp³-hybridized carbons (Fsp3) is 0.519. The highest BCUT2D eigenvalue weighted by molar-refractivity contribution is 5.85. The Morgan fingerprint density at radius 1 is 1.10 bits per heavy atom. The quantitative estimate of drug-likeness (QED) is 0.272. The molecule has 0 aromatic heterocycles. The van der Waals surface area contributed by atoms with E-state index in [2.05, 4.69) is 5.32 Å². The average molecular weight is 600 g/mol. The van der Waals surface area contributed by atoms with Crippen molar-refractivity contribution in [2.75, 3.05) is 33.9 Å². The van der Waals surface area contributed by atoms with E-state index in [0.29, 0.717) is 49.3 Å². The van der Waals surface area contributed by atoms with Gasteiger partial charge in [0.15, 0.2) is 0 Å². The summed E-state index contributed by atoms with van der Waals surface area (Å²) in [5, 5.41) is 3.37. The SMILES string of the molecule is COCCN[C@@H]1CCN(C(=O)N(C)[C@H](C)c2cc(C(F)(F)F)cc(C(F)(F)F)c2)[C@@H](c2ccc(F)cc2C)C1.Cl. The number of nitrogens with zero attached hydrogens (tertiary/aromatic N) is 2. The number of carbonyl (C=O) groups is 1. The van der Waals surface area contributed by atoms with E-state index in [1.54, 1.807) is 25.0 Å². The second kappa shape index (κ2) is 13.4. The first-order chi connectivity index (χ1) is 18.1. The second-order valence-corrected chi connectivity index (χ2v) is 9.79. The summed E-state index contributed by atoms with van der Waals surface area (Å²) in [7, 11) is 2.92. The number of nitrogens with one attached hydrogen (secondary N) is 1. The summed E-state index contributed by atoms with van der Waals surface area (Å²) in [6.07, 6.45) is -8.95. The van der Waals surface area contributed by atoms with Crippen LogP contribution >= 0.6 is 12.4 Å². The van der Waals surface area contributed by atoms with Crippen LogP contribution in [0.3, 0.4) is 0 Å². The molecule has 3 atom stereocenters. The van der Waals surface area contributed by atoms with Gasteiger partial charge in [-0.1, -0.05) is 6.07 Å². The predicted molar refractivity (Wildman–Crippen MR) is 139 cm³/mol. The standard InChI is InChI=1S/C27H32F7N3O2.ClH/c1-16-11-21(28)5-6-23(16)24-15-22(35-8-10-39-4)7-9-37(24)25(38)36(3)17(2)18-12-19(26(29,30)31)14-20(13-18)27(32,33)34;/h5-6,11-14,17,22,24,35H,7-10,15H2,1-4H3;1H/t17-,22-,24-;/m1./s1. The summed E-state index contributed by atoms with van der Waals surface area (Å²) in [5.41, 5.74) is -1.84. The normalized spacial score (nSPS) is 18.7. The third-order valence-corrected chi connectivity index (χ3v) is 7.15. The van der Waals surface area contributed by atoms with E-state index >= 15 is 0 Å². The van der Waals surface area contributed by atoms with Gasteiger partial charge in [0.2, 0.25) is 0 Å². The molecule has 0 aliphatic carbocycles. The van der Waals surface area contributed by atoms with Crippen LogP contribution in [0.25, 0.3) is 0 Å². The molecule has 1 heterocycles. The average Bonchev–Trinajstić information content (AvgIpc) is 2.86. The number of alkyl halides is 6. The number of aryl methyl sites for hydroxylation is 1. The Bertz CT molecular complexity index is 1130. The first-order valence-electron chi connectivity index (χ1n) is 12.4. The number of halogens is 8. The van der Waals surface area contributed by atoms with Crippen molar-refractivity contribution in [3.05, 3.63) is 70.0 Å². The number of benzene rings is 2. The minimum atomic E-state index is -5.00. The Morgan fingerprint density at radius 3 is 2.23 bits per heavy atom. The number of hydrogen-bond acceptors (Lipinski definition) is 3. The monoisotopic (exact) mass is 599 g/mol. The Kier molecular flexibility index (Phi) is 11.3. The molecule has 1 saturated heterocycles. The van der Waals surface area contributed by atoms with Crippen molar-refractivity contribution < 1.29 is 40.3 Å².